The molecule has 0 saturated carbocycles. The summed E-state index contributed by atoms with van der Waals surface area (Å²) in [6, 6.07) is 26.7. The van der Waals surface area contributed by atoms with Crippen molar-refractivity contribution in [2.45, 2.75) is 83.1 Å². The molecule has 0 saturated heterocycles. The molecule has 0 aliphatic heterocycles. The van der Waals surface area contributed by atoms with Gasteiger partial charge in [-0.2, -0.15) is 0 Å². The van der Waals surface area contributed by atoms with E-state index in [0.717, 1.165) is 0 Å². The van der Waals surface area contributed by atoms with Gasteiger partial charge in [-0.3, -0.25) is 0 Å². The number of fused-ring (bicyclic) bond motifs is 9. The normalized spacial score (nSPS) is 12.8. The third-order valence-electron chi connectivity index (χ3n) is 13.2. The van der Waals surface area contributed by atoms with E-state index < -0.39 is 0 Å². The van der Waals surface area contributed by atoms with Gasteiger partial charge >= 0.3 is 0 Å². The van der Waals surface area contributed by atoms with Gasteiger partial charge in [0, 0.05) is 9.13 Å². The van der Waals surface area contributed by atoms with Crippen LogP contribution >= 0.6 is 22.6 Å². The zero-order valence-electron chi connectivity index (χ0n) is 34.2. The summed E-state index contributed by atoms with van der Waals surface area (Å²) in [6.45, 7) is 27.6. The minimum atomic E-state index is 1.31. The van der Waals surface area contributed by atoms with Crippen molar-refractivity contribution in [1.82, 2.24) is 0 Å². The van der Waals surface area contributed by atoms with E-state index in [1.807, 2.05) is 0 Å². The van der Waals surface area contributed by atoms with Crippen LogP contribution in [0.3, 0.4) is 0 Å². The topological polar surface area (TPSA) is 0 Å². The Morgan fingerprint density at radius 2 is 0.764 bits per heavy atom. The molecule has 0 bridgehead atoms. The van der Waals surface area contributed by atoms with Crippen LogP contribution in [0.4, 0.5) is 0 Å². The number of hydrogen-bond donors (Lipinski definition) is 0. The molecule has 9 aromatic rings. The lowest BCUT2D eigenvalue weighted by Gasteiger charge is -2.19. The highest BCUT2D eigenvalue weighted by molar-refractivity contribution is 14.1. The fourth-order valence-corrected chi connectivity index (χ4v) is 12.5. The molecule has 1 aliphatic carbocycles. The molecule has 0 N–H and O–H groups in total. The number of aryl methyl sites for hydroxylation is 11. The lowest BCUT2D eigenvalue weighted by molar-refractivity contribution is 1.26. The zero-order chi connectivity index (χ0) is 38.7. The second-order valence-electron chi connectivity index (χ2n) is 17.2. The van der Waals surface area contributed by atoms with Crippen LogP contribution in [0, 0.1) is 86.7 Å². The summed E-state index contributed by atoms with van der Waals surface area (Å²) in [5.74, 6) is 0. The maximum atomic E-state index is 2.71. The molecule has 0 heterocycles. The molecule has 270 valence electrons. The average Bonchev–Trinajstić information content (AvgIpc) is 3.72. The maximum absolute atomic E-state index is 2.71. The molecule has 1 heteroatoms. The van der Waals surface area contributed by atoms with E-state index in [-0.39, 0.29) is 0 Å². The van der Waals surface area contributed by atoms with Gasteiger partial charge in [0.15, 0.2) is 0 Å². The molecular formula is C54H47I. The molecule has 0 atom stereocenters. The lowest BCUT2D eigenvalue weighted by Crippen LogP contribution is -2.12. The lowest BCUT2D eigenvalue weighted by atomic mass is 9.85. The van der Waals surface area contributed by atoms with E-state index in [4.69, 9.17) is 0 Å². The Balaban J connectivity index is 1.50. The highest BCUT2D eigenvalue weighted by Crippen LogP contribution is 2.55. The van der Waals surface area contributed by atoms with E-state index in [9.17, 15) is 0 Å². The second-order valence-corrected chi connectivity index (χ2v) is 18.3. The van der Waals surface area contributed by atoms with Crippen LogP contribution in [0.5, 0.6) is 0 Å². The molecular weight excluding hydrogens is 775 g/mol. The van der Waals surface area contributed by atoms with Crippen molar-refractivity contribution in [3.8, 4) is 22.3 Å². The molecule has 0 radical (unpaired) electrons. The minimum Gasteiger partial charge on any atom is -0.0557 e. The number of rotatable bonds is 2. The Kier molecular flexibility index (Phi) is 7.36. The molecule has 0 aromatic heterocycles. The molecule has 0 nitrogen and oxygen atoms in total. The van der Waals surface area contributed by atoms with Gasteiger partial charge in [0.1, 0.15) is 0 Å². The van der Waals surface area contributed by atoms with Gasteiger partial charge in [-0.1, -0.05) is 83.4 Å². The summed E-state index contributed by atoms with van der Waals surface area (Å²) in [7, 11) is 0. The van der Waals surface area contributed by atoms with Crippen LogP contribution in [0.15, 0.2) is 66.7 Å². The van der Waals surface area contributed by atoms with Gasteiger partial charge in [0.05, 0.1) is 0 Å². The van der Waals surface area contributed by atoms with Gasteiger partial charge in [0.2, 0.25) is 0 Å². The first kappa shape index (κ1) is 34.7. The molecule has 0 unspecified atom stereocenters. The first-order valence-corrected chi connectivity index (χ1v) is 20.9. The van der Waals surface area contributed by atoms with Crippen LogP contribution in [-0.4, -0.2) is 0 Å². The van der Waals surface area contributed by atoms with Gasteiger partial charge in [-0.15, -0.1) is 0 Å². The summed E-state index contributed by atoms with van der Waals surface area (Å²) < 4.78 is 1.37. The predicted molar refractivity (Wildman–Crippen MR) is 249 cm³/mol. The van der Waals surface area contributed by atoms with Crippen molar-refractivity contribution in [3.63, 3.8) is 0 Å². The van der Waals surface area contributed by atoms with Crippen molar-refractivity contribution in [2.75, 3.05) is 0 Å². The van der Waals surface area contributed by atoms with Gasteiger partial charge in [-0.05, 0) is 248 Å². The monoisotopic (exact) mass is 822 g/mol. The highest BCUT2D eigenvalue weighted by atomic mass is 127. The highest BCUT2D eigenvalue weighted by Gasteiger charge is 2.33. The summed E-state index contributed by atoms with van der Waals surface area (Å²) >= 11 is 2.71. The smallest absolute Gasteiger partial charge is 0.0294 e. The number of benzene rings is 6. The van der Waals surface area contributed by atoms with Crippen LogP contribution in [0.25, 0.3) is 81.7 Å². The van der Waals surface area contributed by atoms with Crippen molar-refractivity contribution < 1.29 is 0 Å². The molecule has 0 amide bonds. The molecule has 55 heavy (non-hydrogen) atoms. The summed E-state index contributed by atoms with van der Waals surface area (Å²) in [5, 5.41) is 15.4. The second kappa shape index (κ2) is 11.6. The first-order valence-electron chi connectivity index (χ1n) is 19.8. The Hall–Kier alpha value is -4.73. The average molecular weight is 823 g/mol. The number of hydrogen-bond acceptors (Lipinski definition) is 0. The van der Waals surface area contributed by atoms with Gasteiger partial charge < -0.3 is 0 Å². The minimum absolute atomic E-state index is 1.31. The SMILES string of the molecule is Cc1cc(C)c(C2=c3c(c(I)c4ccc5c6c(-c7c(C)cc(C)cc7C)c7c(C)cc(C)cc(C)c7c6c6ccc3c4c56)-c3c(C)cc(C)c(C)c32)c(C)c1. The molecule has 1 aliphatic rings. The zero-order valence-corrected chi connectivity index (χ0v) is 36.4. The van der Waals surface area contributed by atoms with Crippen molar-refractivity contribution in [3.05, 3.63) is 153 Å². The van der Waals surface area contributed by atoms with Crippen LogP contribution < -0.4 is 5.22 Å². The third kappa shape index (κ3) is 4.45. The van der Waals surface area contributed by atoms with Gasteiger partial charge in [0.25, 0.3) is 0 Å². The Morgan fingerprint density at radius 1 is 0.309 bits per heavy atom. The summed E-state index contributed by atoms with van der Waals surface area (Å²) in [6.07, 6.45) is 0. The third-order valence-corrected chi connectivity index (χ3v) is 14.4. The fraction of sp³-hybridized carbons (Fsp3) is 0.222. The Labute approximate surface area is 338 Å². The molecule has 9 aromatic carbocycles. The first-order chi connectivity index (χ1) is 26.2. The fourth-order valence-electron chi connectivity index (χ4n) is 11.5. The van der Waals surface area contributed by atoms with Crippen molar-refractivity contribution in [2.24, 2.45) is 0 Å². The largest absolute Gasteiger partial charge is 0.0557 e. The van der Waals surface area contributed by atoms with Crippen molar-refractivity contribution >= 4 is 82.0 Å². The molecule has 10 rings (SSSR count). The van der Waals surface area contributed by atoms with Crippen molar-refractivity contribution in [1.29, 1.82) is 0 Å². The van der Waals surface area contributed by atoms with E-state index in [1.165, 1.54) is 168 Å². The maximum Gasteiger partial charge on any atom is 0.0294 e. The standard InChI is InChI=1S/C54H47I/c1-24-17-28(5)40(29(6)18-24)51-43-33(10)22-26(3)21-32(9)42(43)48-36-13-14-38-47-39(16-15-37(46(36)47)49(48)51)54(55)53-44-34(11)23-27(4)35(12)45(44)52(50(38)53)41-30(7)19-25(2)20-31(41)8/h13-23H,1-12H3. The Bertz CT molecular complexity index is 3270. The van der Waals surface area contributed by atoms with Crippen LogP contribution in [0.2, 0.25) is 0 Å². The van der Waals surface area contributed by atoms with Crippen LogP contribution in [-0.2, 0) is 0 Å². The summed E-state index contributed by atoms with van der Waals surface area (Å²) in [5.41, 5.74) is 26.1. The summed E-state index contributed by atoms with van der Waals surface area (Å²) in [4.78, 5) is 0. The van der Waals surface area contributed by atoms with E-state index in [1.54, 1.807) is 0 Å². The van der Waals surface area contributed by atoms with E-state index >= 15 is 0 Å². The quantitative estimate of drug-likeness (QED) is 0.152. The van der Waals surface area contributed by atoms with E-state index in [2.05, 4.69) is 172 Å². The van der Waals surface area contributed by atoms with Crippen LogP contribution in [0.1, 0.15) is 77.9 Å². The Morgan fingerprint density at radius 3 is 1.36 bits per heavy atom. The van der Waals surface area contributed by atoms with Gasteiger partial charge in [-0.25, -0.2) is 0 Å². The van der Waals surface area contributed by atoms with E-state index in [0.29, 0.717) is 0 Å². The molecule has 0 spiro atoms. The molecule has 0 fully saturated rings. The number of halogens is 1. The predicted octanol–water partition coefficient (Wildman–Crippen LogP) is 14.8.